The zero-order chi connectivity index (χ0) is 19.0. The first-order valence-corrected chi connectivity index (χ1v) is 9.62. The third-order valence-electron chi connectivity index (χ3n) is 4.50. The fourth-order valence-corrected chi connectivity index (χ4v) is 4.54. The Bertz CT molecular complexity index is 1060. The lowest BCUT2D eigenvalue weighted by Gasteiger charge is -2.08. The van der Waals surface area contributed by atoms with Gasteiger partial charge in [-0.2, -0.15) is 0 Å². The molecule has 136 valence electrons. The minimum Gasteiger partial charge on any atom is -0.321 e. The Kier molecular flexibility index (Phi) is 4.68. The number of anilines is 1. The summed E-state index contributed by atoms with van der Waals surface area (Å²) in [5.74, 6) is -1.03. The second kappa shape index (κ2) is 7.13. The van der Waals surface area contributed by atoms with Crippen molar-refractivity contribution in [3.63, 3.8) is 0 Å². The standard InChI is InChI=1S/C20H15ClN2O3S/c21-17-14-3-1-2-4-15(14)27-18(17)20(26)22-13-7-5-11(6-8-13)9-12-10-16(24)23-19(12)25/h1-8,12H,9-10H2,(H,22,26)(H,23,24,25). The Balaban J connectivity index is 1.46. The zero-order valence-corrected chi connectivity index (χ0v) is 15.7. The van der Waals surface area contributed by atoms with Gasteiger partial charge in [0.15, 0.2) is 0 Å². The van der Waals surface area contributed by atoms with Crippen LogP contribution in [0.1, 0.15) is 21.7 Å². The van der Waals surface area contributed by atoms with Crippen LogP contribution in [0.4, 0.5) is 5.69 Å². The molecule has 3 amide bonds. The van der Waals surface area contributed by atoms with Gasteiger partial charge in [0.05, 0.1) is 10.9 Å². The quantitative estimate of drug-likeness (QED) is 0.652. The van der Waals surface area contributed by atoms with E-state index in [0.29, 0.717) is 22.0 Å². The molecule has 3 aromatic rings. The normalized spacial score (nSPS) is 16.6. The lowest BCUT2D eigenvalue weighted by atomic mass is 9.98. The monoisotopic (exact) mass is 398 g/mol. The summed E-state index contributed by atoms with van der Waals surface area (Å²) in [6.07, 6.45) is 0.718. The van der Waals surface area contributed by atoms with Gasteiger partial charge in [0.25, 0.3) is 5.91 Å². The maximum atomic E-state index is 12.6. The minimum absolute atomic E-state index is 0.224. The molecule has 1 unspecified atom stereocenters. The van der Waals surface area contributed by atoms with Crippen molar-refractivity contribution in [1.82, 2.24) is 5.32 Å². The molecule has 1 aromatic heterocycles. The molecule has 7 heteroatoms. The highest BCUT2D eigenvalue weighted by molar-refractivity contribution is 7.21. The molecule has 4 rings (SSSR count). The van der Waals surface area contributed by atoms with E-state index in [2.05, 4.69) is 10.6 Å². The van der Waals surface area contributed by atoms with Gasteiger partial charge < -0.3 is 5.32 Å². The van der Waals surface area contributed by atoms with Gasteiger partial charge in [-0.15, -0.1) is 11.3 Å². The molecular formula is C20H15ClN2O3S. The van der Waals surface area contributed by atoms with Crippen molar-refractivity contribution in [3.05, 3.63) is 64.0 Å². The highest BCUT2D eigenvalue weighted by Gasteiger charge is 2.30. The number of hydrogen-bond donors (Lipinski definition) is 2. The first kappa shape index (κ1) is 17.7. The second-order valence-electron chi connectivity index (χ2n) is 6.41. The number of imide groups is 1. The molecule has 0 radical (unpaired) electrons. The van der Waals surface area contributed by atoms with E-state index in [1.54, 1.807) is 12.1 Å². The van der Waals surface area contributed by atoms with Gasteiger partial charge >= 0.3 is 0 Å². The van der Waals surface area contributed by atoms with Gasteiger partial charge in [-0.3, -0.25) is 19.7 Å². The molecule has 27 heavy (non-hydrogen) atoms. The minimum atomic E-state index is -0.324. The molecule has 1 aliphatic rings. The lowest BCUT2D eigenvalue weighted by molar-refractivity contribution is -0.125. The molecule has 5 nitrogen and oxygen atoms in total. The summed E-state index contributed by atoms with van der Waals surface area (Å²) in [7, 11) is 0. The van der Waals surface area contributed by atoms with E-state index in [-0.39, 0.29) is 30.1 Å². The highest BCUT2D eigenvalue weighted by Crippen LogP contribution is 2.35. The van der Waals surface area contributed by atoms with Crippen LogP contribution in [0.2, 0.25) is 5.02 Å². The summed E-state index contributed by atoms with van der Waals surface area (Å²) in [4.78, 5) is 36.0. The van der Waals surface area contributed by atoms with E-state index >= 15 is 0 Å². The number of benzene rings is 2. The number of halogens is 1. The molecule has 1 fully saturated rings. The van der Waals surface area contributed by atoms with Crippen LogP contribution in [0, 0.1) is 5.92 Å². The van der Waals surface area contributed by atoms with Gasteiger partial charge in [-0.25, -0.2) is 0 Å². The van der Waals surface area contributed by atoms with Crippen LogP contribution in [0.25, 0.3) is 10.1 Å². The summed E-state index contributed by atoms with van der Waals surface area (Å²) in [6.45, 7) is 0. The molecule has 0 aliphatic carbocycles. The summed E-state index contributed by atoms with van der Waals surface area (Å²) in [5.41, 5.74) is 1.58. The van der Waals surface area contributed by atoms with Crippen molar-refractivity contribution >= 4 is 56.4 Å². The summed E-state index contributed by atoms with van der Waals surface area (Å²) in [5, 5.41) is 6.49. The molecule has 0 saturated carbocycles. The maximum Gasteiger partial charge on any atom is 0.267 e. The topological polar surface area (TPSA) is 75.3 Å². The van der Waals surface area contributed by atoms with Crippen molar-refractivity contribution in [1.29, 1.82) is 0 Å². The number of hydrogen-bond acceptors (Lipinski definition) is 4. The first-order valence-electron chi connectivity index (χ1n) is 8.42. The van der Waals surface area contributed by atoms with Gasteiger partial charge in [0, 0.05) is 22.2 Å². The van der Waals surface area contributed by atoms with Gasteiger partial charge in [-0.1, -0.05) is 41.9 Å². The molecule has 1 atom stereocenters. The molecule has 0 spiro atoms. The van der Waals surface area contributed by atoms with Crippen LogP contribution >= 0.6 is 22.9 Å². The van der Waals surface area contributed by atoms with E-state index < -0.39 is 0 Å². The fourth-order valence-electron chi connectivity index (χ4n) is 3.13. The smallest absolute Gasteiger partial charge is 0.267 e. The van der Waals surface area contributed by atoms with E-state index in [4.69, 9.17) is 11.6 Å². The largest absolute Gasteiger partial charge is 0.321 e. The maximum absolute atomic E-state index is 12.6. The predicted octanol–water partition coefficient (Wildman–Crippen LogP) is 4.01. The second-order valence-corrected chi connectivity index (χ2v) is 7.84. The van der Waals surface area contributed by atoms with Crippen LogP contribution in [0.3, 0.4) is 0 Å². The van der Waals surface area contributed by atoms with E-state index in [1.807, 2.05) is 36.4 Å². The molecule has 2 N–H and O–H groups in total. The summed E-state index contributed by atoms with van der Waals surface area (Å²) < 4.78 is 0.965. The molecular weight excluding hydrogens is 384 g/mol. The van der Waals surface area contributed by atoms with Crippen molar-refractivity contribution < 1.29 is 14.4 Å². The number of carbonyl (C=O) groups excluding carboxylic acids is 3. The van der Waals surface area contributed by atoms with Gasteiger partial charge in [-0.05, 0) is 30.2 Å². The molecule has 1 saturated heterocycles. The SMILES string of the molecule is O=C1CC(Cc2ccc(NC(=O)c3sc4ccccc4c3Cl)cc2)C(=O)N1. The van der Waals surface area contributed by atoms with Crippen LogP contribution in [0.5, 0.6) is 0 Å². The summed E-state index contributed by atoms with van der Waals surface area (Å²) >= 11 is 7.70. The number of amides is 3. The first-order chi connectivity index (χ1) is 13.0. The molecule has 1 aliphatic heterocycles. The van der Waals surface area contributed by atoms with E-state index in [0.717, 1.165) is 15.6 Å². The van der Waals surface area contributed by atoms with Gasteiger partial charge in [0.2, 0.25) is 11.8 Å². The van der Waals surface area contributed by atoms with Crippen molar-refractivity contribution in [2.45, 2.75) is 12.8 Å². The average Bonchev–Trinajstić information content (AvgIpc) is 3.16. The number of thiophene rings is 1. The van der Waals surface area contributed by atoms with E-state index in [1.165, 1.54) is 11.3 Å². The number of rotatable bonds is 4. The predicted molar refractivity (Wildman–Crippen MR) is 106 cm³/mol. The van der Waals surface area contributed by atoms with Crippen molar-refractivity contribution in [3.8, 4) is 0 Å². The molecule has 2 heterocycles. The third kappa shape index (κ3) is 3.59. The van der Waals surface area contributed by atoms with Crippen molar-refractivity contribution in [2.75, 3.05) is 5.32 Å². The fraction of sp³-hybridized carbons (Fsp3) is 0.150. The van der Waals surface area contributed by atoms with Crippen LogP contribution in [0.15, 0.2) is 48.5 Å². The average molecular weight is 399 g/mol. The molecule has 0 bridgehead atoms. The Morgan fingerprint density at radius 2 is 1.89 bits per heavy atom. The van der Waals surface area contributed by atoms with Crippen molar-refractivity contribution in [2.24, 2.45) is 5.92 Å². The Hall–Kier alpha value is -2.70. The van der Waals surface area contributed by atoms with Crippen LogP contribution in [-0.4, -0.2) is 17.7 Å². The number of fused-ring (bicyclic) bond motifs is 1. The van der Waals surface area contributed by atoms with Crippen LogP contribution in [-0.2, 0) is 16.0 Å². The Labute approximate surface area is 164 Å². The number of nitrogens with one attached hydrogen (secondary N) is 2. The zero-order valence-electron chi connectivity index (χ0n) is 14.1. The summed E-state index contributed by atoms with van der Waals surface area (Å²) in [6, 6.07) is 14.9. The van der Waals surface area contributed by atoms with Crippen LogP contribution < -0.4 is 10.6 Å². The molecule has 2 aromatic carbocycles. The Morgan fingerprint density at radius 3 is 2.56 bits per heavy atom. The third-order valence-corrected chi connectivity index (χ3v) is 6.17. The Morgan fingerprint density at radius 1 is 1.15 bits per heavy atom. The highest BCUT2D eigenvalue weighted by atomic mass is 35.5. The number of carbonyl (C=O) groups is 3. The van der Waals surface area contributed by atoms with E-state index in [9.17, 15) is 14.4 Å². The van der Waals surface area contributed by atoms with Gasteiger partial charge in [0.1, 0.15) is 4.88 Å². The lowest BCUT2D eigenvalue weighted by Crippen LogP contribution is -2.22.